The zero-order valence-electron chi connectivity index (χ0n) is 13.7. The summed E-state index contributed by atoms with van der Waals surface area (Å²) in [6, 6.07) is 8.44. The Kier molecular flexibility index (Phi) is 4.50. The van der Waals surface area contributed by atoms with Crippen molar-refractivity contribution in [1.82, 2.24) is 9.47 Å². The van der Waals surface area contributed by atoms with Gasteiger partial charge >= 0.3 is 0 Å². The number of carbonyl (C=O) groups is 2. The molecule has 0 aliphatic carbocycles. The average molecular weight is 338 g/mol. The first kappa shape index (κ1) is 16.4. The number of terminal acetylenes is 1. The number of benzene rings is 1. The first-order valence-electron chi connectivity index (χ1n) is 7.85. The number of carbonyl (C=O) groups excluding carboxylic acids is 2. The predicted molar refractivity (Wildman–Crippen MR) is 98.5 cm³/mol. The fraction of sp³-hybridized carbons (Fsp3) is 0.263. The van der Waals surface area contributed by atoms with Crippen molar-refractivity contribution < 1.29 is 9.59 Å². The van der Waals surface area contributed by atoms with E-state index in [4.69, 9.17) is 6.42 Å². The number of amides is 2. The molecule has 1 atom stereocenters. The van der Waals surface area contributed by atoms with Gasteiger partial charge in [0.1, 0.15) is 0 Å². The highest BCUT2D eigenvalue weighted by atomic mass is 32.2. The lowest BCUT2D eigenvalue weighted by molar-refractivity contribution is -0.122. The van der Waals surface area contributed by atoms with Crippen LogP contribution in [-0.4, -0.2) is 27.2 Å². The number of hydrogen-bond donors (Lipinski definition) is 0. The highest BCUT2D eigenvalue weighted by Crippen LogP contribution is 2.34. The molecular formula is C19H18N2O2S. The smallest absolute Gasteiger partial charge is 0.294 e. The molecule has 1 aliphatic rings. The SMILES string of the molecule is C#CCN1C(=O)S/C(=C\c2cn([C@H](C)CC)c3ccccc23)C1=O. The first-order chi connectivity index (χ1) is 11.6. The minimum Gasteiger partial charge on any atom is -0.344 e. The zero-order valence-corrected chi connectivity index (χ0v) is 14.5. The Bertz CT molecular complexity index is 888. The minimum atomic E-state index is -0.316. The van der Waals surface area contributed by atoms with Crippen LogP contribution in [0.2, 0.25) is 0 Å². The fourth-order valence-corrected chi connectivity index (χ4v) is 3.61. The van der Waals surface area contributed by atoms with Gasteiger partial charge in [-0.05, 0) is 37.2 Å². The topological polar surface area (TPSA) is 42.3 Å². The summed E-state index contributed by atoms with van der Waals surface area (Å²) in [5, 5.41) is 0.761. The van der Waals surface area contributed by atoms with Crippen LogP contribution in [0.4, 0.5) is 4.79 Å². The van der Waals surface area contributed by atoms with E-state index in [1.54, 1.807) is 6.08 Å². The van der Waals surface area contributed by atoms with Gasteiger partial charge in [-0.1, -0.05) is 31.0 Å². The van der Waals surface area contributed by atoms with Gasteiger partial charge in [0.2, 0.25) is 0 Å². The fourth-order valence-electron chi connectivity index (χ4n) is 2.78. The average Bonchev–Trinajstić information content (AvgIpc) is 3.08. The second kappa shape index (κ2) is 6.58. The number of fused-ring (bicyclic) bond motifs is 1. The summed E-state index contributed by atoms with van der Waals surface area (Å²) in [5.41, 5.74) is 2.07. The van der Waals surface area contributed by atoms with Crippen LogP contribution in [0.5, 0.6) is 0 Å². The van der Waals surface area contributed by atoms with E-state index >= 15 is 0 Å². The van der Waals surface area contributed by atoms with Crippen LogP contribution in [0.25, 0.3) is 17.0 Å². The van der Waals surface area contributed by atoms with E-state index in [0.717, 1.165) is 39.5 Å². The third-order valence-electron chi connectivity index (χ3n) is 4.25. The lowest BCUT2D eigenvalue weighted by Crippen LogP contribution is -2.28. The molecule has 2 amide bonds. The summed E-state index contributed by atoms with van der Waals surface area (Å²) in [5.74, 6) is 2.03. The van der Waals surface area contributed by atoms with Gasteiger partial charge in [-0.15, -0.1) is 6.42 Å². The van der Waals surface area contributed by atoms with Crippen molar-refractivity contribution in [1.29, 1.82) is 0 Å². The van der Waals surface area contributed by atoms with Crippen LogP contribution >= 0.6 is 11.8 Å². The maximum atomic E-state index is 12.4. The van der Waals surface area contributed by atoms with Crippen molar-refractivity contribution >= 4 is 39.9 Å². The Balaban J connectivity index is 2.07. The lowest BCUT2D eigenvalue weighted by Gasteiger charge is -2.12. The van der Waals surface area contributed by atoms with E-state index in [-0.39, 0.29) is 17.7 Å². The Morgan fingerprint density at radius 1 is 1.33 bits per heavy atom. The van der Waals surface area contributed by atoms with Crippen LogP contribution in [0.15, 0.2) is 35.4 Å². The van der Waals surface area contributed by atoms with Gasteiger partial charge < -0.3 is 4.57 Å². The highest BCUT2D eigenvalue weighted by Gasteiger charge is 2.34. The van der Waals surface area contributed by atoms with Gasteiger partial charge in [0, 0.05) is 28.7 Å². The molecule has 0 bridgehead atoms. The Morgan fingerprint density at radius 3 is 2.79 bits per heavy atom. The molecule has 0 spiro atoms. The molecule has 2 aromatic rings. The van der Waals surface area contributed by atoms with Crippen molar-refractivity contribution in [2.45, 2.75) is 26.3 Å². The molecular weight excluding hydrogens is 320 g/mol. The van der Waals surface area contributed by atoms with E-state index in [9.17, 15) is 9.59 Å². The molecule has 122 valence electrons. The van der Waals surface area contributed by atoms with Crippen LogP contribution in [0, 0.1) is 12.3 Å². The first-order valence-corrected chi connectivity index (χ1v) is 8.66. The second-order valence-electron chi connectivity index (χ2n) is 5.74. The number of thioether (sulfide) groups is 1. The van der Waals surface area contributed by atoms with Crippen molar-refractivity contribution in [2.24, 2.45) is 0 Å². The van der Waals surface area contributed by atoms with E-state index in [2.05, 4.69) is 30.4 Å². The maximum absolute atomic E-state index is 12.4. The number of hydrogen-bond acceptors (Lipinski definition) is 3. The largest absolute Gasteiger partial charge is 0.344 e. The third-order valence-corrected chi connectivity index (χ3v) is 5.15. The Hall–Kier alpha value is -2.45. The quantitative estimate of drug-likeness (QED) is 0.617. The normalized spacial score (nSPS) is 17.7. The summed E-state index contributed by atoms with van der Waals surface area (Å²) in [6.07, 6.45) is 10.1. The summed E-state index contributed by atoms with van der Waals surface area (Å²) >= 11 is 0.942. The molecule has 3 rings (SSSR count). The van der Waals surface area contributed by atoms with Gasteiger partial charge in [0.25, 0.3) is 11.1 Å². The molecule has 0 N–H and O–H groups in total. The minimum absolute atomic E-state index is 0.0106. The van der Waals surface area contributed by atoms with Gasteiger partial charge in [0.15, 0.2) is 0 Å². The Morgan fingerprint density at radius 2 is 2.08 bits per heavy atom. The van der Waals surface area contributed by atoms with Crippen molar-refractivity contribution in [3.05, 3.63) is 40.9 Å². The number of rotatable bonds is 4. The summed E-state index contributed by atoms with van der Waals surface area (Å²) in [6.45, 7) is 4.32. The molecule has 2 heterocycles. The van der Waals surface area contributed by atoms with Crippen LogP contribution in [0.1, 0.15) is 31.9 Å². The van der Waals surface area contributed by atoms with Crippen molar-refractivity contribution in [3.63, 3.8) is 0 Å². The van der Waals surface area contributed by atoms with Gasteiger partial charge in [-0.3, -0.25) is 14.5 Å². The van der Waals surface area contributed by atoms with E-state index in [1.807, 2.05) is 24.4 Å². The van der Waals surface area contributed by atoms with Gasteiger partial charge in [-0.25, -0.2) is 0 Å². The van der Waals surface area contributed by atoms with E-state index in [1.165, 1.54) is 0 Å². The molecule has 4 nitrogen and oxygen atoms in total. The molecule has 0 radical (unpaired) electrons. The van der Waals surface area contributed by atoms with Crippen LogP contribution in [0.3, 0.4) is 0 Å². The lowest BCUT2D eigenvalue weighted by atomic mass is 10.1. The van der Waals surface area contributed by atoms with Crippen LogP contribution in [-0.2, 0) is 4.79 Å². The second-order valence-corrected chi connectivity index (χ2v) is 6.73. The molecule has 1 aromatic heterocycles. The number of aromatic nitrogens is 1. The molecule has 1 aromatic carbocycles. The van der Waals surface area contributed by atoms with E-state index < -0.39 is 0 Å². The molecule has 1 aliphatic heterocycles. The summed E-state index contributed by atoms with van der Waals surface area (Å²) in [7, 11) is 0. The molecule has 0 saturated carbocycles. The monoisotopic (exact) mass is 338 g/mol. The molecule has 1 fully saturated rings. The van der Waals surface area contributed by atoms with E-state index in [0.29, 0.717) is 10.9 Å². The molecule has 24 heavy (non-hydrogen) atoms. The van der Waals surface area contributed by atoms with Gasteiger partial charge in [-0.2, -0.15) is 0 Å². The molecule has 1 saturated heterocycles. The number of para-hydroxylation sites is 1. The predicted octanol–water partition coefficient (Wildman–Crippen LogP) is 4.28. The zero-order chi connectivity index (χ0) is 17.3. The molecule has 0 unspecified atom stereocenters. The Labute approximate surface area is 145 Å². The summed E-state index contributed by atoms with van der Waals surface area (Å²) < 4.78 is 2.22. The van der Waals surface area contributed by atoms with Gasteiger partial charge in [0.05, 0.1) is 11.4 Å². The number of imide groups is 1. The standard InChI is InChI=1S/C19H18N2O2S/c1-4-10-20-18(22)17(24-19(20)23)11-14-12-21(13(3)5-2)16-9-7-6-8-15(14)16/h1,6-9,11-13H,5,10H2,2-3H3/b17-11-/t13-/m1/s1. The highest BCUT2D eigenvalue weighted by molar-refractivity contribution is 8.18. The third kappa shape index (κ3) is 2.74. The van der Waals surface area contributed by atoms with Crippen LogP contribution < -0.4 is 0 Å². The molecule has 5 heteroatoms. The van der Waals surface area contributed by atoms with Crippen molar-refractivity contribution in [2.75, 3.05) is 6.54 Å². The summed E-state index contributed by atoms with van der Waals surface area (Å²) in [4.78, 5) is 25.8. The number of nitrogens with zero attached hydrogens (tertiary/aromatic N) is 2. The maximum Gasteiger partial charge on any atom is 0.294 e. The van der Waals surface area contributed by atoms with Crippen molar-refractivity contribution in [3.8, 4) is 12.3 Å².